The molecule has 0 saturated heterocycles. The quantitative estimate of drug-likeness (QED) is 0.436. The minimum atomic E-state index is -0.898. The number of anilines is 1. The molecule has 4 rings (SSSR count). The Morgan fingerprint density at radius 1 is 1.00 bits per heavy atom. The van der Waals surface area contributed by atoms with E-state index in [1.165, 1.54) is 29.1 Å². The number of rotatable bonds is 6. The van der Waals surface area contributed by atoms with E-state index in [9.17, 15) is 14.0 Å². The molecule has 1 amide bonds. The largest absolute Gasteiger partial charge is 0.347 e. The highest BCUT2D eigenvalue weighted by Crippen LogP contribution is 2.29. The zero-order valence-electron chi connectivity index (χ0n) is 18.4. The maximum Gasteiger partial charge on any atom is 0.347 e. The Morgan fingerprint density at radius 2 is 1.59 bits per heavy atom. The van der Waals surface area contributed by atoms with Crippen LogP contribution in [0.1, 0.15) is 17.0 Å². The number of carbonyl (C=O) groups excluding carboxylic acids is 1. The SMILES string of the molecule is Cl.Cn1cc(-c2ccc(NC(=O)[C@@H](N)C(c3ccccc3)c3ccccc3)cc2F)cnc1=O. The number of aromatic nitrogens is 2. The van der Waals surface area contributed by atoms with E-state index in [4.69, 9.17) is 5.73 Å². The first kappa shape index (κ1) is 24.8. The summed E-state index contributed by atoms with van der Waals surface area (Å²) in [6, 6.07) is 22.6. The number of hydrogen-bond donors (Lipinski definition) is 2. The van der Waals surface area contributed by atoms with E-state index < -0.39 is 23.5 Å². The zero-order valence-corrected chi connectivity index (χ0v) is 19.2. The highest BCUT2D eigenvalue weighted by molar-refractivity contribution is 5.96. The van der Waals surface area contributed by atoms with E-state index in [-0.39, 0.29) is 29.6 Å². The van der Waals surface area contributed by atoms with Crippen LogP contribution in [0.3, 0.4) is 0 Å². The van der Waals surface area contributed by atoms with Crippen molar-refractivity contribution in [3.05, 3.63) is 119 Å². The molecule has 0 unspecified atom stereocenters. The molecule has 6 nitrogen and oxygen atoms in total. The molecule has 0 saturated carbocycles. The number of amides is 1. The van der Waals surface area contributed by atoms with Crippen molar-refractivity contribution >= 4 is 24.0 Å². The van der Waals surface area contributed by atoms with E-state index in [1.54, 1.807) is 13.1 Å². The molecule has 0 aliphatic rings. The Balaban J connectivity index is 0.00000324. The topological polar surface area (TPSA) is 90.0 Å². The second kappa shape index (κ2) is 10.9. The highest BCUT2D eigenvalue weighted by Gasteiger charge is 2.28. The summed E-state index contributed by atoms with van der Waals surface area (Å²) in [4.78, 5) is 28.2. The van der Waals surface area contributed by atoms with Crippen LogP contribution in [0.25, 0.3) is 11.1 Å². The van der Waals surface area contributed by atoms with E-state index in [0.29, 0.717) is 5.56 Å². The van der Waals surface area contributed by atoms with Gasteiger partial charge in [0, 0.05) is 42.2 Å². The second-order valence-electron chi connectivity index (χ2n) is 7.74. The van der Waals surface area contributed by atoms with Crippen LogP contribution in [-0.2, 0) is 11.8 Å². The third-order valence-electron chi connectivity index (χ3n) is 5.48. The van der Waals surface area contributed by atoms with Crippen LogP contribution in [-0.4, -0.2) is 21.5 Å². The van der Waals surface area contributed by atoms with E-state index in [0.717, 1.165) is 11.1 Å². The highest BCUT2D eigenvalue weighted by atomic mass is 35.5. The fraction of sp³-hybridized carbons (Fsp3) is 0.115. The summed E-state index contributed by atoms with van der Waals surface area (Å²) in [5.74, 6) is -1.35. The molecule has 4 aromatic rings. The van der Waals surface area contributed by atoms with E-state index in [1.807, 2.05) is 60.7 Å². The van der Waals surface area contributed by atoms with Crippen LogP contribution in [0, 0.1) is 5.82 Å². The van der Waals surface area contributed by atoms with Crippen LogP contribution >= 0.6 is 12.4 Å². The molecule has 0 bridgehead atoms. The van der Waals surface area contributed by atoms with Gasteiger partial charge in [-0.15, -0.1) is 12.4 Å². The van der Waals surface area contributed by atoms with Crippen LogP contribution in [0.4, 0.5) is 10.1 Å². The zero-order chi connectivity index (χ0) is 23.4. The van der Waals surface area contributed by atoms with Gasteiger partial charge in [-0.3, -0.25) is 4.79 Å². The molecular formula is C26H24ClFN4O2. The number of aryl methyl sites for hydroxylation is 1. The van der Waals surface area contributed by atoms with Crippen LogP contribution in [0.15, 0.2) is 96.1 Å². The van der Waals surface area contributed by atoms with Crippen molar-refractivity contribution in [1.29, 1.82) is 0 Å². The Labute approximate surface area is 202 Å². The molecule has 1 heterocycles. The van der Waals surface area contributed by atoms with Crippen molar-refractivity contribution in [3.63, 3.8) is 0 Å². The van der Waals surface area contributed by atoms with E-state index in [2.05, 4.69) is 10.3 Å². The lowest BCUT2D eigenvalue weighted by Crippen LogP contribution is -2.41. The van der Waals surface area contributed by atoms with Gasteiger partial charge in [-0.25, -0.2) is 14.2 Å². The Kier molecular flexibility index (Phi) is 7.94. The number of nitrogens with zero attached hydrogens (tertiary/aromatic N) is 2. The van der Waals surface area contributed by atoms with Gasteiger partial charge in [0.1, 0.15) is 5.82 Å². The lowest BCUT2D eigenvalue weighted by molar-refractivity contribution is -0.117. The van der Waals surface area contributed by atoms with Gasteiger partial charge in [-0.1, -0.05) is 60.7 Å². The van der Waals surface area contributed by atoms with Crippen molar-refractivity contribution in [3.8, 4) is 11.1 Å². The third-order valence-corrected chi connectivity index (χ3v) is 5.48. The number of benzene rings is 3. The van der Waals surface area contributed by atoms with E-state index >= 15 is 0 Å². The number of hydrogen-bond acceptors (Lipinski definition) is 4. The summed E-state index contributed by atoms with van der Waals surface area (Å²) in [5, 5.41) is 2.73. The molecule has 0 aliphatic carbocycles. The molecule has 3 N–H and O–H groups in total. The third kappa shape index (κ3) is 5.39. The summed E-state index contributed by atoms with van der Waals surface area (Å²) >= 11 is 0. The predicted octanol–water partition coefficient (Wildman–Crippen LogP) is 4.11. The van der Waals surface area contributed by atoms with Gasteiger partial charge in [-0.2, -0.15) is 0 Å². The van der Waals surface area contributed by atoms with Gasteiger partial charge in [0.25, 0.3) is 0 Å². The van der Waals surface area contributed by atoms with Crippen molar-refractivity contribution < 1.29 is 9.18 Å². The number of halogens is 2. The number of nitrogens with two attached hydrogens (primary N) is 1. The molecule has 34 heavy (non-hydrogen) atoms. The minimum absolute atomic E-state index is 0. The average Bonchev–Trinajstić information content (AvgIpc) is 2.82. The molecule has 174 valence electrons. The van der Waals surface area contributed by atoms with Gasteiger partial charge in [0.2, 0.25) is 5.91 Å². The van der Waals surface area contributed by atoms with Gasteiger partial charge < -0.3 is 15.6 Å². The van der Waals surface area contributed by atoms with Gasteiger partial charge in [0.15, 0.2) is 0 Å². The van der Waals surface area contributed by atoms with Crippen molar-refractivity contribution in [1.82, 2.24) is 9.55 Å². The maximum absolute atomic E-state index is 14.8. The standard InChI is InChI=1S/C26H23FN4O2.ClH/c1-31-16-19(15-29-26(31)33)21-13-12-20(14-22(21)27)30-25(32)24(28)23(17-8-4-2-5-9-17)18-10-6-3-7-11-18;/h2-16,23-24H,28H2,1H3,(H,30,32);1H/t24-;/m0./s1. The van der Waals surface area contributed by atoms with Gasteiger partial charge in [0.05, 0.1) is 6.04 Å². The lowest BCUT2D eigenvalue weighted by Gasteiger charge is -2.24. The smallest absolute Gasteiger partial charge is 0.325 e. The monoisotopic (exact) mass is 478 g/mol. The first-order valence-corrected chi connectivity index (χ1v) is 10.4. The maximum atomic E-state index is 14.8. The molecule has 0 aliphatic heterocycles. The molecule has 3 aromatic carbocycles. The Hall–Kier alpha value is -3.81. The summed E-state index contributed by atoms with van der Waals surface area (Å²) in [7, 11) is 1.54. The van der Waals surface area contributed by atoms with Crippen LogP contribution < -0.4 is 16.7 Å². The predicted molar refractivity (Wildman–Crippen MR) is 133 cm³/mol. The Bertz CT molecular complexity index is 1290. The summed E-state index contributed by atoms with van der Waals surface area (Å²) in [5.41, 5.74) is 8.83. The van der Waals surface area contributed by atoms with Crippen LogP contribution in [0.5, 0.6) is 0 Å². The first-order chi connectivity index (χ1) is 15.9. The van der Waals surface area contributed by atoms with Crippen molar-refractivity contribution in [2.24, 2.45) is 12.8 Å². The summed E-state index contributed by atoms with van der Waals surface area (Å²) in [6.07, 6.45) is 2.82. The van der Waals surface area contributed by atoms with Gasteiger partial charge >= 0.3 is 5.69 Å². The molecule has 0 fully saturated rings. The molecule has 1 aromatic heterocycles. The Morgan fingerprint density at radius 3 is 2.12 bits per heavy atom. The van der Waals surface area contributed by atoms with Gasteiger partial charge in [-0.05, 0) is 29.3 Å². The molecule has 1 atom stereocenters. The fourth-order valence-electron chi connectivity index (χ4n) is 3.78. The molecule has 0 spiro atoms. The molecular weight excluding hydrogens is 455 g/mol. The fourth-order valence-corrected chi connectivity index (χ4v) is 3.78. The average molecular weight is 479 g/mol. The van der Waals surface area contributed by atoms with Crippen molar-refractivity contribution in [2.45, 2.75) is 12.0 Å². The normalized spacial score (nSPS) is 11.5. The summed E-state index contributed by atoms with van der Waals surface area (Å²) < 4.78 is 16.1. The summed E-state index contributed by atoms with van der Waals surface area (Å²) in [6.45, 7) is 0. The lowest BCUT2D eigenvalue weighted by atomic mass is 9.85. The second-order valence-corrected chi connectivity index (χ2v) is 7.74. The number of carbonyl (C=O) groups is 1. The van der Waals surface area contributed by atoms with Crippen LogP contribution in [0.2, 0.25) is 0 Å². The van der Waals surface area contributed by atoms with Crippen molar-refractivity contribution in [2.75, 3.05) is 5.32 Å². The number of nitrogens with one attached hydrogen (secondary N) is 1. The first-order valence-electron chi connectivity index (χ1n) is 10.4. The minimum Gasteiger partial charge on any atom is -0.325 e. The molecule has 8 heteroatoms. The molecule has 0 radical (unpaired) electrons.